The van der Waals surface area contributed by atoms with Crippen LogP contribution in [0.15, 0.2) is 18.2 Å². The van der Waals surface area contributed by atoms with Crippen LogP contribution in [0.1, 0.15) is 30.9 Å². The number of amides is 2. The van der Waals surface area contributed by atoms with Gasteiger partial charge in [-0.05, 0) is 37.0 Å². The van der Waals surface area contributed by atoms with Gasteiger partial charge in [0.25, 0.3) is 0 Å². The second-order valence-electron chi connectivity index (χ2n) is 5.76. The molecule has 2 aliphatic heterocycles. The summed E-state index contributed by atoms with van der Waals surface area (Å²) in [4.78, 5) is 11.8. The molecule has 0 aromatic heterocycles. The summed E-state index contributed by atoms with van der Waals surface area (Å²) < 4.78 is 19.0. The van der Waals surface area contributed by atoms with E-state index in [9.17, 15) is 14.3 Å². The number of hydrogen-bond acceptors (Lipinski definition) is 3. The Bertz CT molecular complexity index is 572. The quantitative estimate of drug-likeness (QED) is 0.793. The van der Waals surface area contributed by atoms with Crippen LogP contribution in [-0.4, -0.2) is 35.9 Å². The van der Waals surface area contributed by atoms with Crippen molar-refractivity contribution < 1.29 is 19.0 Å². The fourth-order valence-corrected chi connectivity index (χ4v) is 3.15. The molecule has 1 aromatic carbocycles. The Labute approximate surface area is 132 Å². The van der Waals surface area contributed by atoms with Gasteiger partial charge in [0.05, 0.1) is 29.4 Å². The Kier molecular flexibility index (Phi) is 4.52. The zero-order valence-corrected chi connectivity index (χ0v) is 12.6. The van der Waals surface area contributed by atoms with Gasteiger partial charge in [0, 0.05) is 6.54 Å². The van der Waals surface area contributed by atoms with E-state index in [2.05, 4.69) is 10.6 Å². The number of hydrogen-bond donors (Lipinski definition) is 3. The van der Waals surface area contributed by atoms with Crippen LogP contribution in [0.5, 0.6) is 0 Å². The van der Waals surface area contributed by atoms with Crippen molar-refractivity contribution in [2.75, 3.05) is 6.54 Å². The van der Waals surface area contributed by atoms with Gasteiger partial charge in [-0.3, -0.25) is 0 Å². The molecule has 5 nitrogen and oxygen atoms in total. The number of carbonyl (C=O) groups is 1. The van der Waals surface area contributed by atoms with Crippen LogP contribution in [0.2, 0.25) is 5.02 Å². The number of ether oxygens (including phenoxy) is 1. The fraction of sp³-hybridized carbons (Fsp3) is 0.533. The van der Waals surface area contributed by atoms with Crippen LogP contribution >= 0.6 is 11.6 Å². The summed E-state index contributed by atoms with van der Waals surface area (Å²) in [6.45, 7) is -0.00538. The van der Waals surface area contributed by atoms with Gasteiger partial charge in [-0.1, -0.05) is 17.7 Å². The van der Waals surface area contributed by atoms with Crippen molar-refractivity contribution in [2.45, 2.75) is 43.6 Å². The third kappa shape index (κ3) is 3.34. The molecule has 3 rings (SSSR count). The third-order valence-electron chi connectivity index (χ3n) is 4.21. The second-order valence-corrected chi connectivity index (χ2v) is 6.17. The van der Waals surface area contributed by atoms with E-state index in [4.69, 9.17) is 16.3 Å². The normalized spacial score (nSPS) is 27.7. The zero-order chi connectivity index (χ0) is 15.7. The lowest BCUT2D eigenvalue weighted by Gasteiger charge is -2.21. The van der Waals surface area contributed by atoms with Crippen LogP contribution in [0.3, 0.4) is 0 Å². The molecule has 2 saturated heterocycles. The highest BCUT2D eigenvalue weighted by molar-refractivity contribution is 6.30. The van der Waals surface area contributed by atoms with Crippen molar-refractivity contribution in [3.8, 4) is 0 Å². The summed E-state index contributed by atoms with van der Waals surface area (Å²) in [5, 5.41) is 15.4. The molecule has 2 amide bonds. The smallest absolute Gasteiger partial charge is 0.315 e. The first-order valence-electron chi connectivity index (χ1n) is 7.36. The summed E-state index contributed by atoms with van der Waals surface area (Å²) in [7, 11) is 0. The van der Waals surface area contributed by atoms with Crippen LogP contribution in [-0.2, 0) is 4.74 Å². The molecule has 0 radical (unpaired) electrons. The molecule has 0 saturated carbocycles. The van der Waals surface area contributed by atoms with Gasteiger partial charge in [-0.25, -0.2) is 9.18 Å². The summed E-state index contributed by atoms with van der Waals surface area (Å²) >= 11 is 5.59. The minimum Gasteiger partial charge on any atom is -0.387 e. The molecule has 4 atom stereocenters. The first-order valence-corrected chi connectivity index (χ1v) is 7.73. The topological polar surface area (TPSA) is 70.6 Å². The Morgan fingerprint density at radius 3 is 2.95 bits per heavy atom. The SMILES string of the molecule is O=C(NC[C@@H](O)c1ccc(Cl)c(F)c1)N[C@H]1C[C@H]2CC[C@H]1O2. The highest BCUT2D eigenvalue weighted by Crippen LogP contribution is 2.34. The molecule has 2 fully saturated rings. The van der Waals surface area contributed by atoms with Crippen molar-refractivity contribution in [1.29, 1.82) is 0 Å². The molecular weight excluding hydrogens is 311 g/mol. The zero-order valence-electron chi connectivity index (χ0n) is 11.9. The minimum atomic E-state index is -0.992. The summed E-state index contributed by atoms with van der Waals surface area (Å²) in [6, 6.07) is 3.75. The van der Waals surface area contributed by atoms with Gasteiger partial charge in [0.1, 0.15) is 5.82 Å². The second kappa shape index (κ2) is 6.40. The molecule has 7 heteroatoms. The predicted octanol–water partition coefficient (Wildman–Crippen LogP) is 2.13. The van der Waals surface area contributed by atoms with E-state index in [1.165, 1.54) is 12.1 Å². The van der Waals surface area contributed by atoms with Gasteiger partial charge in [0.15, 0.2) is 0 Å². The number of rotatable bonds is 4. The molecule has 2 aliphatic rings. The molecule has 1 aromatic rings. The minimum absolute atomic E-state index is 0.00191. The molecule has 0 unspecified atom stereocenters. The number of fused-ring (bicyclic) bond motifs is 2. The molecule has 0 spiro atoms. The predicted molar refractivity (Wildman–Crippen MR) is 79.2 cm³/mol. The van der Waals surface area contributed by atoms with E-state index in [-0.39, 0.29) is 35.8 Å². The molecule has 120 valence electrons. The summed E-state index contributed by atoms with van der Waals surface area (Å²) in [6.07, 6.45) is 2.24. The number of halogens is 2. The van der Waals surface area contributed by atoms with Crippen LogP contribution in [0, 0.1) is 5.82 Å². The van der Waals surface area contributed by atoms with Crippen LogP contribution in [0.25, 0.3) is 0 Å². The Hall–Kier alpha value is -1.37. The lowest BCUT2D eigenvalue weighted by molar-refractivity contribution is 0.0979. The van der Waals surface area contributed by atoms with E-state index < -0.39 is 11.9 Å². The van der Waals surface area contributed by atoms with E-state index in [1.54, 1.807) is 0 Å². The first kappa shape index (κ1) is 15.5. The van der Waals surface area contributed by atoms with E-state index in [1.807, 2.05) is 0 Å². The number of benzene rings is 1. The van der Waals surface area contributed by atoms with Gasteiger partial charge in [0.2, 0.25) is 0 Å². The standard InChI is InChI=1S/C15H18ClFN2O3/c16-10-3-1-8(5-11(10)17)13(20)7-18-15(21)19-12-6-9-2-4-14(12)22-9/h1,3,5,9,12-14,20H,2,4,6-7H2,(H2,18,19,21)/t9-,12+,13-,14-/m1/s1. The van der Waals surface area contributed by atoms with E-state index >= 15 is 0 Å². The molecule has 3 N–H and O–H groups in total. The molecular formula is C15H18ClFN2O3. The molecule has 2 heterocycles. The molecule has 2 bridgehead atoms. The highest BCUT2D eigenvalue weighted by atomic mass is 35.5. The Morgan fingerprint density at radius 1 is 1.50 bits per heavy atom. The number of aliphatic hydroxyl groups is 1. The molecule has 22 heavy (non-hydrogen) atoms. The van der Waals surface area contributed by atoms with Crippen molar-refractivity contribution in [1.82, 2.24) is 10.6 Å². The lowest BCUT2D eigenvalue weighted by atomic mass is 9.96. The van der Waals surface area contributed by atoms with Crippen molar-refractivity contribution >= 4 is 17.6 Å². The number of nitrogens with one attached hydrogen (secondary N) is 2. The van der Waals surface area contributed by atoms with Gasteiger partial charge in [-0.15, -0.1) is 0 Å². The highest BCUT2D eigenvalue weighted by Gasteiger charge is 2.41. The van der Waals surface area contributed by atoms with Crippen molar-refractivity contribution in [3.05, 3.63) is 34.6 Å². The van der Waals surface area contributed by atoms with Crippen molar-refractivity contribution in [3.63, 3.8) is 0 Å². The number of carbonyl (C=O) groups excluding carboxylic acids is 1. The average molecular weight is 329 g/mol. The lowest BCUT2D eigenvalue weighted by Crippen LogP contribution is -2.47. The average Bonchev–Trinajstić information content (AvgIpc) is 3.10. The Morgan fingerprint density at radius 2 is 2.32 bits per heavy atom. The largest absolute Gasteiger partial charge is 0.387 e. The fourth-order valence-electron chi connectivity index (χ4n) is 3.04. The summed E-state index contributed by atoms with van der Waals surface area (Å²) in [5.41, 5.74) is 0.366. The maximum Gasteiger partial charge on any atom is 0.315 e. The molecule has 0 aliphatic carbocycles. The van der Waals surface area contributed by atoms with E-state index in [0.29, 0.717) is 5.56 Å². The number of urea groups is 1. The Balaban J connectivity index is 1.47. The van der Waals surface area contributed by atoms with Crippen molar-refractivity contribution in [2.24, 2.45) is 0 Å². The monoisotopic (exact) mass is 328 g/mol. The number of aliphatic hydroxyl groups excluding tert-OH is 1. The van der Waals surface area contributed by atoms with Gasteiger partial charge in [-0.2, -0.15) is 0 Å². The van der Waals surface area contributed by atoms with Crippen LogP contribution in [0.4, 0.5) is 9.18 Å². The van der Waals surface area contributed by atoms with Crippen LogP contribution < -0.4 is 10.6 Å². The third-order valence-corrected chi connectivity index (χ3v) is 4.51. The van der Waals surface area contributed by atoms with Gasteiger partial charge >= 0.3 is 6.03 Å². The maximum atomic E-state index is 13.3. The van der Waals surface area contributed by atoms with E-state index in [0.717, 1.165) is 25.3 Å². The first-order chi connectivity index (χ1) is 10.5. The van der Waals surface area contributed by atoms with Gasteiger partial charge < -0.3 is 20.5 Å². The summed E-state index contributed by atoms with van der Waals surface area (Å²) in [5.74, 6) is -0.596. The maximum absolute atomic E-state index is 13.3.